The van der Waals surface area contributed by atoms with Crippen molar-refractivity contribution in [2.75, 3.05) is 25.6 Å². The van der Waals surface area contributed by atoms with Crippen molar-refractivity contribution in [1.29, 1.82) is 0 Å². The van der Waals surface area contributed by atoms with Gasteiger partial charge in [0.05, 0.1) is 12.1 Å². The zero-order chi connectivity index (χ0) is 24.0. The van der Waals surface area contributed by atoms with Crippen LogP contribution in [-0.2, 0) is 16.0 Å². The standard InChI is InChI=1S/C24H22ClN3O5/c1-4-10-33-22-17(25)11-15(13-20(22)32-3)12-19-23(30)28(24(31)27-19)14-21(29)26-18-9-7-6-8-16(18)5-2/h1,6-9,11-13H,5,10,14H2,2-3H3,(H,26,29)(H,27,31)/b19-12+. The first-order chi connectivity index (χ1) is 15.9. The number of amides is 4. The third kappa shape index (κ3) is 5.45. The van der Waals surface area contributed by atoms with Crippen molar-refractivity contribution in [3.05, 3.63) is 58.2 Å². The van der Waals surface area contributed by atoms with Crippen LogP contribution in [0, 0.1) is 12.3 Å². The van der Waals surface area contributed by atoms with Crippen LogP contribution in [0.25, 0.3) is 6.08 Å². The number of nitrogens with one attached hydrogen (secondary N) is 2. The van der Waals surface area contributed by atoms with E-state index in [2.05, 4.69) is 16.6 Å². The van der Waals surface area contributed by atoms with E-state index in [1.165, 1.54) is 13.2 Å². The monoisotopic (exact) mass is 467 g/mol. The fourth-order valence-electron chi connectivity index (χ4n) is 3.24. The Morgan fingerprint density at radius 2 is 2.06 bits per heavy atom. The Labute approximate surface area is 196 Å². The molecule has 2 aromatic rings. The largest absolute Gasteiger partial charge is 0.493 e. The fourth-order valence-corrected chi connectivity index (χ4v) is 3.52. The van der Waals surface area contributed by atoms with Crippen molar-refractivity contribution in [3.63, 3.8) is 0 Å². The Bertz CT molecular complexity index is 1170. The highest BCUT2D eigenvalue weighted by Gasteiger charge is 2.35. The topological polar surface area (TPSA) is 97.0 Å². The lowest BCUT2D eigenvalue weighted by molar-refractivity contribution is -0.127. The molecule has 1 aliphatic rings. The van der Waals surface area contributed by atoms with Crippen molar-refractivity contribution in [2.24, 2.45) is 0 Å². The van der Waals surface area contributed by atoms with Gasteiger partial charge in [-0.15, -0.1) is 6.42 Å². The maximum Gasteiger partial charge on any atom is 0.329 e. The molecule has 0 atom stereocenters. The van der Waals surface area contributed by atoms with Crippen molar-refractivity contribution < 1.29 is 23.9 Å². The van der Waals surface area contributed by atoms with Crippen LogP contribution in [0.2, 0.25) is 5.02 Å². The number of halogens is 1. The average molecular weight is 468 g/mol. The molecule has 0 saturated carbocycles. The van der Waals surface area contributed by atoms with E-state index in [0.717, 1.165) is 16.9 Å². The number of rotatable bonds is 8. The minimum Gasteiger partial charge on any atom is -0.493 e. The van der Waals surface area contributed by atoms with Crippen molar-refractivity contribution in [2.45, 2.75) is 13.3 Å². The molecule has 9 heteroatoms. The summed E-state index contributed by atoms with van der Waals surface area (Å²) in [6, 6.07) is 9.76. The summed E-state index contributed by atoms with van der Waals surface area (Å²) in [6.07, 6.45) is 7.37. The molecule has 8 nitrogen and oxygen atoms in total. The van der Waals surface area contributed by atoms with Crippen LogP contribution >= 0.6 is 11.6 Å². The molecule has 170 valence electrons. The summed E-state index contributed by atoms with van der Waals surface area (Å²) in [5.74, 6) is 1.80. The van der Waals surface area contributed by atoms with Crippen molar-refractivity contribution in [3.8, 4) is 23.8 Å². The third-order valence-corrected chi connectivity index (χ3v) is 5.08. The second-order valence-electron chi connectivity index (χ2n) is 6.97. The SMILES string of the molecule is C#CCOc1c(Cl)cc(/C=C2/NC(=O)N(CC(=O)Nc3ccccc3CC)C2=O)cc1OC. The second kappa shape index (κ2) is 10.6. The van der Waals surface area contributed by atoms with Gasteiger partial charge >= 0.3 is 6.03 Å². The van der Waals surface area contributed by atoms with Gasteiger partial charge in [0.2, 0.25) is 5.91 Å². The maximum atomic E-state index is 12.8. The molecular weight excluding hydrogens is 446 g/mol. The van der Waals surface area contributed by atoms with Crippen LogP contribution in [0.15, 0.2) is 42.1 Å². The number of benzene rings is 2. The van der Waals surface area contributed by atoms with Gasteiger partial charge in [-0.05, 0) is 41.8 Å². The minimum absolute atomic E-state index is 0.00262. The number of anilines is 1. The van der Waals surface area contributed by atoms with E-state index in [1.807, 2.05) is 19.1 Å². The summed E-state index contributed by atoms with van der Waals surface area (Å²) in [7, 11) is 1.44. The lowest BCUT2D eigenvalue weighted by Crippen LogP contribution is -2.38. The summed E-state index contributed by atoms with van der Waals surface area (Å²) >= 11 is 6.26. The molecule has 0 aromatic heterocycles. The molecule has 3 rings (SSSR count). The van der Waals surface area contributed by atoms with E-state index >= 15 is 0 Å². The zero-order valence-corrected chi connectivity index (χ0v) is 18.9. The van der Waals surface area contributed by atoms with Crippen LogP contribution in [0.4, 0.5) is 10.5 Å². The number of terminal acetylenes is 1. The lowest BCUT2D eigenvalue weighted by atomic mass is 10.1. The Hall–Kier alpha value is -3.96. The van der Waals surface area contributed by atoms with Gasteiger partial charge in [-0.2, -0.15) is 0 Å². The van der Waals surface area contributed by atoms with Gasteiger partial charge in [0.1, 0.15) is 18.8 Å². The highest BCUT2D eigenvalue weighted by Crippen LogP contribution is 2.37. The number of methoxy groups -OCH3 is 1. The number of para-hydroxylation sites is 1. The lowest BCUT2D eigenvalue weighted by Gasteiger charge is -2.13. The van der Waals surface area contributed by atoms with Gasteiger partial charge in [-0.1, -0.05) is 42.6 Å². The summed E-state index contributed by atoms with van der Waals surface area (Å²) in [6.45, 7) is 1.54. The second-order valence-corrected chi connectivity index (χ2v) is 7.37. The summed E-state index contributed by atoms with van der Waals surface area (Å²) < 4.78 is 10.7. The number of hydrogen-bond donors (Lipinski definition) is 2. The Morgan fingerprint density at radius 3 is 2.76 bits per heavy atom. The normalized spacial score (nSPS) is 14.1. The Morgan fingerprint density at radius 1 is 1.30 bits per heavy atom. The molecule has 1 heterocycles. The van der Waals surface area contributed by atoms with Crippen LogP contribution in [0.3, 0.4) is 0 Å². The average Bonchev–Trinajstić information content (AvgIpc) is 3.05. The quantitative estimate of drug-likeness (QED) is 0.352. The number of imide groups is 1. The van der Waals surface area contributed by atoms with Gasteiger partial charge in [0.15, 0.2) is 11.5 Å². The number of carbonyl (C=O) groups is 3. The third-order valence-electron chi connectivity index (χ3n) is 4.80. The van der Waals surface area contributed by atoms with Gasteiger partial charge < -0.3 is 20.1 Å². The summed E-state index contributed by atoms with van der Waals surface area (Å²) in [4.78, 5) is 38.4. The van der Waals surface area contributed by atoms with E-state index in [-0.39, 0.29) is 23.1 Å². The predicted octanol–water partition coefficient (Wildman–Crippen LogP) is 3.45. The zero-order valence-electron chi connectivity index (χ0n) is 18.1. The van der Waals surface area contributed by atoms with Crippen LogP contribution in [-0.4, -0.2) is 43.0 Å². The van der Waals surface area contributed by atoms with E-state index < -0.39 is 24.4 Å². The molecule has 2 aromatic carbocycles. The maximum absolute atomic E-state index is 12.8. The molecule has 0 unspecified atom stereocenters. The number of hydrogen-bond acceptors (Lipinski definition) is 5. The first-order valence-corrected chi connectivity index (χ1v) is 10.4. The van der Waals surface area contributed by atoms with Gasteiger partial charge in [-0.25, -0.2) is 9.69 Å². The number of ether oxygens (including phenoxy) is 2. The molecule has 1 aliphatic heterocycles. The van der Waals surface area contributed by atoms with E-state index in [9.17, 15) is 14.4 Å². The summed E-state index contributed by atoms with van der Waals surface area (Å²) in [5, 5.41) is 5.44. The van der Waals surface area contributed by atoms with Crippen LogP contribution in [0.5, 0.6) is 11.5 Å². The molecule has 0 bridgehead atoms. The molecule has 0 radical (unpaired) electrons. The smallest absolute Gasteiger partial charge is 0.329 e. The molecule has 33 heavy (non-hydrogen) atoms. The highest BCUT2D eigenvalue weighted by molar-refractivity contribution is 6.32. The van der Waals surface area contributed by atoms with E-state index in [1.54, 1.807) is 24.3 Å². The molecule has 1 fully saturated rings. The minimum atomic E-state index is -0.697. The van der Waals surface area contributed by atoms with Crippen LogP contribution < -0.4 is 20.1 Å². The molecular formula is C24H22ClN3O5. The van der Waals surface area contributed by atoms with Crippen molar-refractivity contribution >= 4 is 41.2 Å². The first-order valence-electron chi connectivity index (χ1n) is 10.0. The summed E-state index contributed by atoms with van der Waals surface area (Å²) in [5.41, 5.74) is 2.07. The Balaban J connectivity index is 1.76. The highest BCUT2D eigenvalue weighted by atomic mass is 35.5. The number of aryl methyl sites for hydroxylation is 1. The van der Waals surface area contributed by atoms with E-state index in [4.69, 9.17) is 27.5 Å². The molecule has 0 aliphatic carbocycles. The molecule has 1 saturated heterocycles. The number of urea groups is 1. The number of carbonyl (C=O) groups excluding carboxylic acids is 3. The van der Waals surface area contributed by atoms with Gasteiger partial charge in [0, 0.05) is 5.69 Å². The fraction of sp³-hybridized carbons (Fsp3) is 0.208. The van der Waals surface area contributed by atoms with Gasteiger partial charge in [-0.3, -0.25) is 9.59 Å². The predicted molar refractivity (Wildman–Crippen MR) is 125 cm³/mol. The van der Waals surface area contributed by atoms with Gasteiger partial charge in [0.25, 0.3) is 5.91 Å². The van der Waals surface area contributed by atoms with Crippen molar-refractivity contribution in [1.82, 2.24) is 10.2 Å². The molecule has 2 N–H and O–H groups in total. The molecule has 4 amide bonds. The number of nitrogens with zero attached hydrogens (tertiary/aromatic N) is 1. The van der Waals surface area contributed by atoms with E-state index in [0.29, 0.717) is 17.0 Å². The molecule has 0 spiro atoms. The van der Waals surface area contributed by atoms with Crippen LogP contribution in [0.1, 0.15) is 18.1 Å². The first kappa shape index (κ1) is 23.7. The Kier molecular flexibility index (Phi) is 7.59.